The van der Waals surface area contributed by atoms with Crippen LogP contribution in [0.25, 0.3) is 0 Å². The van der Waals surface area contributed by atoms with Crippen molar-refractivity contribution >= 4 is 25.3 Å². The molecule has 2 amide bonds. The normalized spacial score (nSPS) is 18.8. The van der Waals surface area contributed by atoms with Gasteiger partial charge in [0, 0.05) is 26.1 Å². The summed E-state index contributed by atoms with van der Waals surface area (Å²) in [5.74, 6) is -3.29. The van der Waals surface area contributed by atoms with Crippen molar-refractivity contribution in [1.29, 1.82) is 0 Å². The molecule has 34 heavy (non-hydrogen) atoms. The molecule has 1 saturated heterocycles. The van der Waals surface area contributed by atoms with Gasteiger partial charge in [-0.3, -0.25) is 0 Å². The predicted molar refractivity (Wildman–Crippen MR) is 130 cm³/mol. The molecule has 1 atom stereocenters. The van der Waals surface area contributed by atoms with E-state index in [2.05, 4.69) is 19.6 Å². The minimum absolute atomic E-state index is 0.0614. The fraction of sp³-hybridized carbons (Fsp3) is 0.680. The molecule has 1 fully saturated rings. The van der Waals surface area contributed by atoms with Gasteiger partial charge in [0.05, 0.1) is 27.3 Å². The number of hydrogen-bond acceptors (Lipinski definition) is 4. The fourth-order valence-corrected chi connectivity index (χ4v) is 7.64. The molecule has 0 aliphatic carbocycles. The van der Waals surface area contributed by atoms with E-state index < -0.39 is 38.2 Å². The number of nitrogens with zero attached hydrogens (tertiary/aromatic N) is 2. The predicted octanol–water partition coefficient (Wildman–Crippen LogP) is 4.65. The van der Waals surface area contributed by atoms with Crippen LogP contribution in [0.2, 0.25) is 19.6 Å². The zero-order chi connectivity index (χ0) is 25.8. The molecule has 0 radical (unpaired) electrons. The highest BCUT2D eigenvalue weighted by atomic mass is 28.3. The van der Waals surface area contributed by atoms with Crippen molar-refractivity contribution in [1.82, 2.24) is 9.80 Å². The number of likely N-dealkylation sites (tertiary alicyclic amines) is 1. The van der Waals surface area contributed by atoms with E-state index in [1.807, 2.05) is 34.6 Å². The number of carbonyl (C=O) groups is 2. The SMILES string of the molecule is COC(=O)C(OC(C)(C)C)c1c(C)c2c(c(C)c1[Si](C)(C)C)CN(C(=O)N1CCC(F)(F)C1)C2. The molecular weight excluding hydrogens is 458 g/mol. The number of methoxy groups -OCH3 is 1. The Kier molecular flexibility index (Phi) is 6.96. The fourth-order valence-electron chi connectivity index (χ4n) is 5.24. The molecule has 0 saturated carbocycles. The van der Waals surface area contributed by atoms with Crippen molar-refractivity contribution in [3.8, 4) is 0 Å². The summed E-state index contributed by atoms with van der Waals surface area (Å²) in [6.45, 7) is 16.6. The van der Waals surface area contributed by atoms with Gasteiger partial charge in [0.1, 0.15) is 0 Å². The Morgan fingerprint density at radius 2 is 1.59 bits per heavy atom. The Balaban J connectivity index is 2.11. The monoisotopic (exact) mass is 496 g/mol. The number of hydrogen-bond donors (Lipinski definition) is 0. The van der Waals surface area contributed by atoms with E-state index in [0.29, 0.717) is 13.1 Å². The summed E-state index contributed by atoms with van der Waals surface area (Å²) in [7, 11) is -0.630. The van der Waals surface area contributed by atoms with Crippen molar-refractivity contribution in [2.45, 2.75) is 91.4 Å². The van der Waals surface area contributed by atoms with Crippen LogP contribution in [0.3, 0.4) is 0 Å². The molecule has 0 aromatic heterocycles. The summed E-state index contributed by atoms with van der Waals surface area (Å²) < 4.78 is 38.9. The van der Waals surface area contributed by atoms with E-state index in [9.17, 15) is 18.4 Å². The summed E-state index contributed by atoms with van der Waals surface area (Å²) in [4.78, 5) is 29.0. The summed E-state index contributed by atoms with van der Waals surface area (Å²) in [6, 6.07) is -0.362. The Labute approximate surface area is 202 Å². The maximum Gasteiger partial charge on any atom is 0.339 e. The van der Waals surface area contributed by atoms with Crippen molar-refractivity contribution < 1.29 is 27.8 Å². The van der Waals surface area contributed by atoms with E-state index in [-0.39, 0.29) is 19.0 Å². The van der Waals surface area contributed by atoms with Crippen molar-refractivity contribution in [3.63, 3.8) is 0 Å². The van der Waals surface area contributed by atoms with E-state index in [1.54, 1.807) is 4.90 Å². The van der Waals surface area contributed by atoms with Gasteiger partial charge < -0.3 is 19.3 Å². The summed E-state index contributed by atoms with van der Waals surface area (Å²) >= 11 is 0. The Bertz CT molecular complexity index is 998. The van der Waals surface area contributed by atoms with Gasteiger partial charge in [-0.05, 0) is 62.4 Å². The van der Waals surface area contributed by atoms with Gasteiger partial charge in [0.25, 0.3) is 5.92 Å². The largest absolute Gasteiger partial charge is 0.467 e. The third kappa shape index (κ3) is 5.15. The van der Waals surface area contributed by atoms with Crippen LogP contribution in [0.1, 0.15) is 61.1 Å². The van der Waals surface area contributed by atoms with Crippen molar-refractivity contribution in [3.05, 3.63) is 27.8 Å². The lowest BCUT2D eigenvalue weighted by Gasteiger charge is -2.33. The lowest BCUT2D eigenvalue weighted by molar-refractivity contribution is -0.164. The van der Waals surface area contributed by atoms with Crippen molar-refractivity contribution in [2.75, 3.05) is 20.2 Å². The summed E-state index contributed by atoms with van der Waals surface area (Å²) in [5.41, 5.74) is 4.25. The van der Waals surface area contributed by atoms with E-state index in [0.717, 1.165) is 33.0 Å². The molecule has 2 heterocycles. The third-order valence-corrected chi connectivity index (χ3v) is 8.77. The highest BCUT2D eigenvalue weighted by Gasteiger charge is 2.44. The van der Waals surface area contributed by atoms with Crippen LogP contribution in [-0.2, 0) is 27.4 Å². The number of rotatable bonds is 4. The molecule has 1 aromatic carbocycles. The minimum atomic E-state index is -2.83. The summed E-state index contributed by atoms with van der Waals surface area (Å²) in [5, 5.41) is 1.13. The van der Waals surface area contributed by atoms with Gasteiger partial charge in [0.15, 0.2) is 6.10 Å². The first-order chi connectivity index (χ1) is 15.5. The number of alkyl halides is 2. The number of carbonyl (C=O) groups excluding carboxylic acids is 2. The second-order valence-corrected chi connectivity index (χ2v) is 16.5. The highest BCUT2D eigenvalue weighted by molar-refractivity contribution is 6.89. The van der Waals surface area contributed by atoms with E-state index in [4.69, 9.17) is 9.47 Å². The number of esters is 1. The molecule has 0 spiro atoms. The van der Waals surface area contributed by atoms with Crippen LogP contribution in [-0.4, -0.2) is 61.6 Å². The average molecular weight is 497 g/mol. The van der Waals surface area contributed by atoms with Gasteiger partial charge in [0.2, 0.25) is 0 Å². The van der Waals surface area contributed by atoms with Crippen LogP contribution in [0, 0.1) is 13.8 Å². The first-order valence-corrected chi connectivity index (χ1v) is 15.3. The molecule has 2 aliphatic rings. The molecular formula is C25H38F2N2O4Si. The zero-order valence-corrected chi connectivity index (χ0v) is 22.9. The molecule has 1 aromatic rings. The van der Waals surface area contributed by atoms with Gasteiger partial charge in [-0.15, -0.1) is 0 Å². The van der Waals surface area contributed by atoms with Gasteiger partial charge in [-0.2, -0.15) is 0 Å². The Morgan fingerprint density at radius 3 is 2.03 bits per heavy atom. The highest BCUT2D eigenvalue weighted by Crippen LogP contribution is 2.38. The van der Waals surface area contributed by atoms with Crippen LogP contribution in [0.5, 0.6) is 0 Å². The molecule has 190 valence electrons. The standard InChI is InChI=1S/C25H38F2N2O4Si/c1-15-17-12-29(23(31)28-11-10-25(26,27)14-28)13-18(17)16(2)21(34(7,8)9)19(15)20(22(30)32-6)33-24(3,4)5/h20H,10-14H2,1-9H3. The van der Waals surface area contributed by atoms with Gasteiger partial charge in [-0.25, -0.2) is 18.4 Å². The van der Waals surface area contributed by atoms with Crippen LogP contribution in [0.4, 0.5) is 13.6 Å². The molecule has 6 nitrogen and oxygen atoms in total. The van der Waals surface area contributed by atoms with E-state index in [1.165, 1.54) is 12.0 Å². The number of benzene rings is 1. The molecule has 0 bridgehead atoms. The molecule has 9 heteroatoms. The average Bonchev–Trinajstić information content (AvgIpc) is 3.30. The number of ether oxygens (including phenoxy) is 2. The molecule has 0 N–H and O–H groups in total. The zero-order valence-electron chi connectivity index (χ0n) is 21.9. The van der Waals surface area contributed by atoms with Crippen LogP contribution >= 0.6 is 0 Å². The molecule has 3 rings (SSSR count). The first kappa shape index (κ1) is 26.6. The van der Waals surface area contributed by atoms with Gasteiger partial charge in [-0.1, -0.05) is 24.8 Å². The Hall–Kier alpha value is -2.00. The van der Waals surface area contributed by atoms with Crippen molar-refractivity contribution in [2.24, 2.45) is 0 Å². The third-order valence-electron chi connectivity index (χ3n) is 6.63. The molecule has 1 unspecified atom stereocenters. The van der Waals surface area contributed by atoms with Gasteiger partial charge >= 0.3 is 12.0 Å². The maximum atomic E-state index is 13.7. The number of amides is 2. The number of halogens is 2. The smallest absolute Gasteiger partial charge is 0.339 e. The number of fused-ring (bicyclic) bond motifs is 1. The summed E-state index contributed by atoms with van der Waals surface area (Å²) in [6.07, 6.45) is -1.19. The lowest BCUT2D eigenvalue weighted by atomic mass is 9.91. The van der Waals surface area contributed by atoms with E-state index >= 15 is 0 Å². The minimum Gasteiger partial charge on any atom is -0.467 e. The van der Waals surface area contributed by atoms with Crippen LogP contribution < -0.4 is 5.19 Å². The molecule has 2 aliphatic heterocycles. The lowest BCUT2D eigenvalue weighted by Crippen LogP contribution is -2.46. The maximum absolute atomic E-state index is 13.7. The first-order valence-electron chi connectivity index (χ1n) is 11.8. The number of urea groups is 1. The Morgan fingerprint density at radius 1 is 1.03 bits per heavy atom. The van der Waals surface area contributed by atoms with Crippen LogP contribution in [0.15, 0.2) is 0 Å². The quantitative estimate of drug-likeness (QED) is 0.450. The second kappa shape index (κ2) is 8.89. The second-order valence-electron chi connectivity index (χ2n) is 11.5. The topological polar surface area (TPSA) is 59.1 Å².